The summed E-state index contributed by atoms with van der Waals surface area (Å²) in [7, 11) is 3.50. The summed E-state index contributed by atoms with van der Waals surface area (Å²) in [6.07, 6.45) is 0.474. The number of amides is 1. The molecule has 6 heteroatoms. The van der Waals surface area contributed by atoms with Gasteiger partial charge in [0.25, 0.3) is 0 Å². The molecule has 4 nitrogen and oxygen atoms in total. The van der Waals surface area contributed by atoms with E-state index in [2.05, 4.69) is 10.3 Å². The predicted octanol–water partition coefficient (Wildman–Crippen LogP) is 2.52. The lowest BCUT2D eigenvalue weighted by atomic mass is 10.2. The van der Waals surface area contributed by atoms with Gasteiger partial charge in [0, 0.05) is 44.5 Å². The lowest BCUT2D eigenvalue weighted by Gasteiger charge is -2.09. The van der Waals surface area contributed by atoms with Gasteiger partial charge in [-0.1, -0.05) is 0 Å². The zero-order chi connectivity index (χ0) is 15.2. The Balaban J connectivity index is 1.83. The fourth-order valence-corrected chi connectivity index (χ4v) is 2.57. The number of nitrogens with one attached hydrogen (secondary N) is 1. The number of rotatable bonds is 6. The zero-order valence-corrected chi connectivity index (χ0v) is 12.9. The van der Waals surface area contributed by atoms with Crippen molar-refractivity contribution in [1.29, 1.82) is 0 Å². The van der Waals surface area contributed by atoms with Gasteiger partial charge in [-0.2, -0.15) is 0 Å². The van der Waals surface area contributed by atoms with Gasteiger partial charge < -0.3 is 10.2 Å². The van der Waals surface area contributed by atoms with Crippen molar-refractivity contribution < 1.29 is 9.18 Å². The van der Waals surface area contributed by atoms with Gasteiger partial charge in [0.05, 0.1) is 5.69 Å². The van der Waals surface area contributed by atoms with Crippen LogP contribution in [0.15, 0.2) is 29.6 Å². The molecule has 0 aliphatic carbocycles. The molecule has 0 aliphatic heterocycles. The number of halogens is 1. The molecular formula is C15H18FN3OS. The lowest BCUT2D eigenvalue weighted by molar-refractivity contribution is -0.128. The third kappa shape index (κ3) is 4.61. The first-order valence-corrected chi connectivity index (χ1v) is 7.55. The predicted molar refractivity (Wildman–Crippen MR) is 82.5 cm³/mol. The molecule has 0 atom stereocenters. The molecule has 2 rings (SSSR count). The molecular weight excluding hydrogens is 289 g/mol. The summed E-state index contributed by atoms with van der Waals surface area (Å²) in [5.41, 5.74) is 1.84. The quantitative estimate of drug-likeness (QED) is 0.834. The maximum atomic E-state index is 12.9. The van der Waals surface area contributed by atoms with Crippen LogP contribution in [-0.2, 0) is 11.3 Å². The van der Waals surface area contributed by atoms with E-state index in [0.717, 1.165) is 16.3 Å². The molecule has 0 unspecified atom stereocenters. The normalized spacial score (nSPS) is 10.6. The molecule has 1 N–H and O–H groups in total. The second-order valence-electron chi connectivity index (χ2n) is 4.87. The first kappa shape index (κ1) is 15.6. The summed E-state index contributed by atoms with van der Waals surface area (Å²) in [6.45, 7) is 1.25. The van der Waals surface area contributed by atoms with Crippen molar-refractivity contribution in [3.8, 4) is 10.6 Å². The highest BCUT2D eigenvalue weighted by Gasteiger charge is 2.06. The smallest absolute Gasteiger partial charge is 0.223 e. The summed E-state index contributed by atoms with van der Waals surface area (Å²) in [5.74, 6) is -0.143. The Morgan fingerprint density at radius 1 is 1.33 bits per heavy atom. The van der Waals surface area contributed by atoms with Gasteiger partial charge in [0.2, 0.25) is 5.91 Å². The number of aromatic nitrogens is 1. The van der Waals surface area contributed by atoms with Crippen LogP contribution < -0.4 is 5.32 Å². The molecule has 0 bridgehead atoms. The second kappa shape index (κ2) is 7.28. The van der Waals surface area contributed by atoms with E-state index in [4.69, 9.17) is 0 Å². The van der Waals surface area contributed by atoms with E-state index in [1.54, 1.807) is 31.1 Å². The largest absolute Gasteiger partial charge is 0.349 e. The van der Waals surface area contributed by atoms with Crippen LogP contribution in [0, 0.1) is 5.82 Å². The lowest BCUT2D eigenvalue weighted by Crippen LogP contribution is -2.26. The molecule has 0 aliphatic rings. The number of carbonyl (C=O) groups is 1. The third-order valence-electron chi connectivity index (χ3n) is 2.96. The van der Waals surface area contributed by atoms with Crippen molar-refractivity contribution in [1.82, 2.24) is 15.2 Å². The van der Waals surface area contributed by atoms with Gasteiger partial charge in [0.1, 0.15) is 10.8 Å². The molecule has 2 aromatic rings. The van der Waals surface area contributed by atoms with Gasteiger partial charge in [0.15, 0.2) is 0 Å². The monoisotopic (exact) mass is 307 g/mol. The molecule has 0 spiro atoms. The van der Waals surface area contributed by atoms with Crippen molar-refractivity contribution >= 4 is 17.2 Å². The van der Waals surface area contributed by atoms with Crippen LogP contribution in [0.3, 0.4) is 0 Å². The zero-order valence-electron chi connectivity index (χ0n) is 12.1. The van der Waals surface area contributed by atoms with E-state index < -0.39 is 0 Å². The minimum atomic E-state index is -0.247. The van der Waals surface area contributed by atoms with Crippen molar-refractivity contribution in [2.75, 3.05) is 20.6 Å². The summed E-state index contributed by atoms with van der Waals surface area (Å²) >= 11 is 1.53. The highest BCUT2D eigenvalue weighted by atomic mass is 32.1. The summed E-state index contributed by atoms with van der Waals surface area (Å²) in [5, 5.41) is 6.04. The van der Waals surface area contributed by atoms with Crippen molar-refractivity contribution in [3.05, 3.63) is 41.2 Å². The second-order valence-corrected chi connectivity index (χ2v) is 5.72. The average molecular weight is 307 g/mol. The van der Waals surface area contributed by atoms with Gasteiger partial charge in [-0.05, 0) is 24.3 Å². The Hall–Kier alpha value is -1.79. The van der Waals surface area contributed by atoms with E-state index in [1.165, 1.54) is 23.5 Å². The van der Waals surface area contributed by atoms with E-state index >= 15 is 0 Å². The highest BCUT2D eigenvalue weighted by molar-refractivity contribution is 7.13. The Morgan fingerprint density at radius 2 is 2.05 bits per heavy atom. The standard InChI is InChI=1S/C15H18FN3OS/c1-19(2)14(20)7-8-17-9-13-10-21-15(18-13)11-3-5-12(16)6-4-11/h3-6,10,17H,7-9H2,1-2H3. The van der Waals surface area contributed by atoms with Crippen molar-refractivity contribution in [2.24, 2.45) is 0 Å². The van der Waals surface area contributed by atoms with Crippen LogP contribution in [-0.4, -0.2) is 36.4 Å². The fraction of sp³-hybridized carbons (Fsp3) is 0.333. The van der Waals surface area contributed by atoms with E-state index in [-0.39, 0.29) is 11.7 Å². The Kier molecular flexibility index (Phi) is 5.41. The van der Waals surface area contributed by atoms with Crippen LogP contribution in [0.5, 0.6) is 0 Å². The highest BCUT2D eigenvalue weighted by Crippen LogP contribution is 2.23. The van der Waals surface area contributed by atoms with Crippen LogP contribution >= 0.6 is 11.3 Å². The average Bonchev–Trinajstić information content (AvgIpc) is 2.93. The summed E-state index contributed by atoms with van der Waals surface area (Å²) in [4.78, 5) is 17.5. The first-order valence-electron chi connectivity index (χ1n) is 6.67. The molecule has 1 aromatic carbocycles. The number of nitrogens with zero attached hydrogens (tertiary/aromatic N) is 2. The molecule has 0 fully saturated rings. The fourth-order valence-electron chi connectivity index (χ4n) is 1.75. The van der Waals surface area contributed by atoms with Gasteiger partial charge in [-0.25, -0.2) is 9.37 Å². The number of hydrogen-bond acceptors (Lipinski definition) is 4. The molecule has 0 saturated heterocycles. The van der Waals surface area contributed by atoms with Gasteiger partial charge in [-0.15, -0.1) is 11.3 Å². The molecule has 1 amide bonds. The molecule has 0 saturated carbocycles. The number of carbonyl (C=O) groups excluding carboxylic acids is 1. The van der Waals surface area contributed by atoms with E-state index in [1.807, 2.05) is 5.38 Å². The van der Waals surface area contributed by atoms with Crippen molar-refractivity contribution in [2.45, 2.75) is 13.0 Å². The molecule has 21 heavy (non-hydrogen) atoms. The Bertz CT molecular complexity index is 595. The maximum Gasteiger partial charge on any atom is 0.223 e. The van der Waals surface area contributed by atoms with Crippen LogP contribution in [0.1, 0.15) is 12.1 Å². The first-order chi connectivity index (χ1) is 10.1. The van der Waals surface area contributed by atoms with Crippen LogP contribution in [0.25, 0.3) is 10.6 Å². The molecule has 1 aromatic heterocycles. The van der Waals surface area contributed by atoms with Crippen LogP contribution in [0.4, 0.5) is 4.39 Å². The Morgan fingerprint density at radius 3 is 2.71 bits per heavy atom. The van der Waals surface area contributed by atoms with Gasteiger partial charge in [-0.3, -0.25) is 4.79 Å². The van der Waals surface area contributed by atoms with E-state index in [0.29, 0.717) is 19.5 Å². The number of hydrogen-bond donors (Lipinski definition) is 1. The Labute approximate surface area is 127 Å². The maximum absolute atomic E-state index is 12.9. The number of benzene rings is 1. The third-order valence-corrected chi connectivity index (χ3v) is 3.90. The van der Waals surface area contributed by atoms with Crippen LogP contribution in [0.2, 0.25) is 0 Å². The molecule has 0 radical (unpaired) electrons. The summed E-state index contributed by atoms with van der Waals surface area (Å²) < 4.78 is 12.9. The molecule has 1 heterocycles. The van der Waals surface area contributed by atoms with Gasteiger partial charge >= 0.3 is 0 Å². The minimum Gasteiger partial charge on any atom is -0.349 e. The molecule has 112 valence electrons. The van der Waals surface area contributed by atoms with E-state index in [9.17, 15) is 9.18 Å². The van der Waals surface area contributed by atoms with Crippen molar-refractivity contribution in [3.63, 3.8) is 0 Å². The minimum absolute atomic E-state index is 0.104. The topological polar surface area (TPSA) is 45.2 Å². The summed E-state index contributed by atoms with van der Waals surface area (Å²) in [6, 6.07) is 6.31. The SMILES string of the molecule is CN(C)C(=O)CCNCc1csc(-c2ccc(F)cc2)n1. The number of thiazole rings is 1.